The normalized spacial score (nSPS) is 16.6. The molecule has 0 saturated heterocycles. The van der Waals surface area contributed by atoms with E-state index in [2.05, 4.69) is 4.98 Å². The van der Waals surface area contributed by atoms with Crippen molar-refractivity contribution >= 4 is 22.4 Å². The van der Waals surface area contributed by atoms with Crippen LogP contribution >= 0.6 is 0 Å². The van der Waals surface area contributed by atoms with Gasteiger partial charge in [0.2, 0.25) is 0 Å². The number of halogens is 1. The summed E-state index contributed by atoms with van der Waals surface area (Å²) in [7, 11) is 0. The van der Waals surface area contributed by atoms with Crippen molar-refractivity contribution in [2.24, 2.45) is 0 Å². The van der Waals surface area contributed by atoms with E-state index in [1.165, 1.54) is 31.4 Å². The summed E-state index contributed by atoms with van der Waals surface area (Å²) in [6.07, 6.45) is 6.02. The van der Waals surface area contributed by atoms with Crippen molar-refractivity contribution in [3.63, 3.8) is 0 Å². The van der Waals surface area contributed by atoms with Crippen molar-refractivity contribution in [1.82, 2.24) is 14.4 Å². The van der Waals surface area contributed by atoms with Crippen LogP contribution in [0.1, 0.15) is 49.5 Å². The lowest BCUT2D eigenvalue weighted by molar-refractivity contribution is 0.428. The Labute approximate surface area is 128 Å². The van der Waals surface area contributed by atoms with Gasteiger partial charge in [0.05, 0.1) is 16.7 Å². The van der Waals surface area contributed by atoms with Gasteiger partial charge in [0.15, 0.2) is 0 Å². The average molecular weight is 298 g/mol. The van der Waals surface area contributed by atoms with Gasteiger partial charge in [-0.2, -0.15) is 0 Å². The molecule has 1 saturated carbocycles. The molecule has 5 heteroatoms. The predicted octanol–water partition coefficient (Wildman–Crippen LogP) is 3.96. The highest BCUT2D eigenvalue weighted by Gasteiger charge is 2.23. The van der Waals surface area contributed by atoms with E-state index in [0.29, 0.717) is 17.3 Å². The van der Waals surface area contributed by atoms with Gasteiger partial charge < -0.3 is 5.73 Å². The summed E-state index contributed by atoms with van der Waals surface area (Å²) in [6, 6.07) is 4.63. The Morgan fingerprint density at radius 3 is 2.73 bits per heavy atom. The summed E-state index contributed by atoms with van der Waals surface area (Å²) in [5.74, 6) is 1.63. The first-order valence-corrected chi connectivity index (χ1v) is 7.89. The van der Waals surface area contributed by atoms with Crippen LogP contribution in [0.3, 0.4) is 0 Å². The summed E-state index contributed by atoms with van der Waals surface area (Å²) in [6.45, 7) is 1.95. The van der Waals surface area contributed by atoms with E-state index in [1.54, 1.807) is 6.07 Å². The fourth-order valence-electron chi connectivity index (χ4n) is 3.68. The second-order valence-corrected chi connectivity index (χ2v) is 6.20. The Bertz CT molecular complexity index is 862. The molecule has 0 bridgehead atoms. The first-order chi connectivity index (χ1) is 10.6. The molecule has 3 aromatic rings. The minimum atomic E-state index is -0.263. The molecule has 2 aromatic heterocycles. The number of nitrogens with zero attached hydrogens (tertiary/aromatic N) is 3. The molecule has 114 valence electrons. The van der Waals surface area contributed by atoms with Gasteiger partial charge in [-0.1, -0.05) is 19.3 Å². The number of nitrogens with two attached hydrogens (primary N) is 1. The van der Waals surface area contributed by atoms with Gasteiger partial charge in [0.25, 0.3) is 0 Å². The molecule has 1 fully saturated rings. The van der Waals surface area contributed by atoms with E-state index in [4.69, 9.17) is 10.7 Å². The van der Waals surface area contributed by atoms with Gasteiger partial charge in [-0.3, -0.25) is 4.40 Å². The molecular weight excluding hydrogens is 279 g/mol. The van der Waals surface area contributed by atoms with E-state index < -0.39 is 0 Å². The SMILES string of the molecule is Cc1nc(C2CCCCC2)n2c1c(N)nc1ccc(F)cc12. The lowest BCUT2D eigenvalue weighted by Gasteiger charge is -2.21. The molecule has 1 aliphatic rings. The number of benzene rings is 1. The molecular formula is C17H19FN4. The molecule has 4 nitrogen and oxygen atoms in total. The highest BCUT2D eigenvalue weighted by molar-refractivity contribution is 5.85. The minimum Gasteiger partial charge on any atom is -0.382 e. The molecule has 1 aromatic carbocycles. The summed E-state index contributed by atoms with van der Waals surface area (Å²) in [5.41, 5.74) is 9.29. The maximum absolute atomic E-state index is 13.8. The Balaban J connectivity index is 2.08. The van der Waals surface area contributed by atoms with Gasteiger partial charge in [0, 0.05) is 12.0 Å². The highest BCUT2D eigenvalue weighted by atomic mass is 19.1. The Morgan fingerprint density at radius 1 is 1.18 bits per heavy atom. The second-order valence-electron chi connectivity index (χ2n) is 6.20. The molecule has 1 aliphatic carbocycles. The average Bonchev–Trinajstić information content (AvgIpc) is 2.88. The van der Waals surface area contributed by atoms with E-state index in [9.17, 15) is 4.39 Å². The van der Waals surface area contributed by atoms with E-state index >= 15 is 0 Å². The van der Waals surface area contributed by atoms with Crippen LogP contribution in [0.5, 0.6) is 0 Å². The van der Waals surface area contributed by atoms with Crippen LogP contribution < -0.4 is 5.73 Å². The molecule has 22 heavy (non-hydrogen) atoms. The molecule has 0 spiro atoms. The van der Waals surface area contributed by atoms with Gasteiger partial charge in [-0.25, -0.2) is 14.4 Å². The fraction of sp³-hybridized carbons (Fsp3) is 0.412. The number of nitrogen functional groups attached to an aromatic ring is 1. The zero-order valence-corrected chi connectivity index (χ0v) is 12.6. The highest BCUT2D eigenvalue weighted by Crippen LogP contribution is 2.35. The molecule has 0 amide bonds. The van der Waals surface area contributed by atoms with Crippen LogP contribution in [0.25, 0.3) is 16.6 Å². The van der Waals surface area contributed by atoms with Crippen molar-refractivity contribution in [3.8, 4) is 0 Å². The van der Waals surface area contributed by atoms with E-state index in [-0.39, 0.29) is 5.82 Å². The van der Waals surface area contributed by atoms with Crippen LogP contribution in [0.4, 0.5) is 10.2 Å². The van der Waals surface area contributed by atoms with Crippen LogP contribution in [0.2, 0.25) is 0 Å². The number of anilines is 1. The van der Waals surface area contributed by atoms with E-state index in [0.717, 1.165) is 35.4 Å². The minimum absolute atomic E-state index is 0.263. The van der Waals surface area contributed by atoms with Crippen LogP contribution in [0, 0.1) is 12.7 Å². The van der Waals surface area contributed by atoms with Gasteiger partial charge >= 0.3 is 0 Å². The lowest BCUT2D eigenvalue weighted by atomic mass is 9.89. The second kappa shape index (κ2) is 4.93. The predicted molar refractivity (Wildman–Crippen MR) is 85.4 cm³/mol. The number of imidazole rings is 1. The van der Waals surface area contributed by atoms with E-state index in [1.807, 2.05) is 11.3 Å². The quantitative estimate of drug-likeness (QED) is 0.740. The first-order valence-electron chi connectivity index (χ1n) is 7.89. The third kappa shape index (κ3) is 1.95. The number of aryl methyl sites for hydroxylation is 1. The molecule has 0 atom stereocenters. The Kier molecular flexibility index (Phi) is 3.03. The molecule has 2 N–H and O–H groups in total. The Hall–Kier alpha value is -2.17. The number of aromatic nitrogens is 3. The summed E-state index contributed by atoms with van der Waals surface area (Å²) in [5, 5.41) is 0. The largest absolute Gasteiger partial charge is 0.382 e. The van der Waals surface area contributed by atoms with Crippen molar-refractivity contribution in [2.75, 3.05) is 5.73 Å². The molecule has 0 unspecified atom stereocenters. The number of hydrogen-bond acceptors (Lipinski definition) is 3. The topological polar surface area (TPSA) is 56.2 Å². The Morgan fingerprint density at radius 2 is 1.95 bits per heavy atom. The van der Waals surface area contributed by atoms with Crippen LogP contribution in [-0.4, -0.2) is 14.4 Å². The summed E-state index contributed by atoms with van der Waals surface area (Å²) in [4.78, 5) is 9.19. The maximum atomic E-state index is 13.8. The smallest absolute Gasteiger partial charge is 0.150 e. The standard InChI is InChI=1S/C17H19FN4/c1-10-15-16(19)21-13-8-7-12(18)9-14(13)22(15)17(20-10)11-5-3-2-4-6-11/h7-9,11H,2-6H2,1H3,(H2,19,21). The van der Waals surface area contributed by atoms with Crippen LogP contribution in [-0.2, 0) is 0 Å². The summed E-state index contributed by atoms with van der Waals surface area (Å²) < 4.78 is 15.8. The van der Waals surface area contributed by atoms with Gasteiger partial charge in [0.1, 0.15) is 23.0 Å². The van der Waals surface area contributed by atoms with Gasteiger partial charge in [-0.05, 0) is 31.9 Å². The van der Waals surface area contributed by atoms with Crippen molar-refractivity contribution < 1.29 is 4.39 Å². The van der Waals surface area contributed by atoms with Crippen molar-refractivity contribution in [2.45, 2.75) is 44.9 Å². The zero-order chi connectivity index (χ0) is 15.3. The fourth-order valence-corrected chi connectivity index (χ4v) is 3.68. The first kappa shape index (κ1) is 13.5. The third-order valence-electron chi connectivity index (χ3n) is 4.71. The molecule has 4 rings (SSSR count). The summed E-state index contributed by atoms with van der Waals surface area (Å²) >= 11 is 0. The molecule has 0 radical (unpaired) electrons. The molecule has 0 aliphatic heterocycles. The number of fused-ring (bicyclic) bond motifs is 3. The van der Waals surface area contributed by atoms with Crippen molar-refractivity contribution in [1.29, 1.82) is 0 Å². The molecule has 2 heterocycles. The zero-order valence-electron chi connectivity index (χ0n) is 12.6. The van der Waals surface area contributed by atoms with Crippen LogP contribution in [0.15, 0.2) is 18.2 Å². The third-order valence-corrected chi connectivity index (χ3v) is 4.71. The van der Waals surface area contributed by atoms with Gasteiger partial charge in [-0.15, -0.1) is 0 Å². The maximum Gasteiger partial charge on any atom is 0.150 e. The monoisotopic (exact) mass is 298 g/mol. The number of rotatable bonds is 1. The number of hydrogen-bond donors (Lipinski definition) is 1. The lowest BCUT2D eigenvalue weighted by Crippen LogP contribution is -2.10. The van der Waals surface area contributed by atoms with Crippen molar-refractivity contribution in [3.05, 3.63) is 35.5 Å².